The average molecular weight is 322 g/mol. The van der Waals surface area contributed by atoms with Gasteiger partial charge in [-0.1, -0.05) is 59.7 Å². The van der Waals surface area contributed by atoms with E-state index in [1.54, 1.807) is 9.80 Å². The first-order chi connectivity index (χ1) is 10.2. The molecule has 0 aliphatic rings. The Morgan fingerprint density at radius 1 is 0.826 bits per heavy atom. The van der Waals surface area contributed by atoms with Crippen molar-refractivity contribution in [3.05, 3.63) is 29.3 Å². The summed E-state index contributed by atoms with van der Waals surface area (Å²) in [4.78, 5) is 3.50. The van der Waals surface area contributed by atoms with E-state index < -0.39 is 0 Å². The van der Waals surface area contributed by atoms with Crippen LogP contribution in [0.5, 0.6) is 5.75 Å². The Morgan fingerprint density at radius 3 is 1.30 bits per heavy atom. The van der Waals surface area contributed by atoms with Gasteiger partial charge in [-0.3, -0.25) is 5.41 Å². The zero-order valence-corrected chi connectivity index (χ0v) is 16.6. The van der Waals surface area contributed by atoms with Gasteiger partial charge < -0.3 is 14.9 Å². The number of hydrogen-bond donors (Lipinski definition) is 2. The number of phenolic OH excluding ortho intramolecular Hbond substituents is 1. The lowest BCUT2D eigenvalue weighted by Gasteiger charge is -2.26. The molecule has 23 heavy (non-hydrogen) atoms. The quantitative estimate of drug-likeness (QED) is 0.560. The Morgan fingerprint density at radius 2 is 1.13 bits per heavy atom. The highest BCUT2D eigenvalue weighted by atomic mass is 16.3. The highest BCUT2D eigenvalue weighted by molar-refractivity contribution is 5.75. The molecule has 1 rings (SSSR count). The molecule has 0 aliphatic heterocycles. The monoisotopic (exact) mass is 321 g/mol. The van der Waals surface area contributed by atoms with Crippen LogP contribution in [0.25, 0.3) is 0 Å². The molecule has 0 bridgehead atoms. The Balaban J connectivity index is 0.000000515. The van der Waals surface area contributed by atoms with Gasteiger partial charge in [-0.2, -0.15) is 0 Å². The third-order valence-electron chi connectivity index (χ3n) is 3.50. The SMILES string of the molecule is CC(C)(C)c1cccc(C(C)(C)C)c1O.CN(C)C(=N)N(C)C. The largest absolute Gasteiger partial charge is 0.507 e. The van der Waals surface area contributed by atoms with E-state index in [0.29, 0.717) is 11.7 Å². The average Bonchev–Trinajstić information content (AvgIpc) is 2.35. The van der Waals surface area contributed by atoms with E-state index in [4.69, 9.17) is 5.41 Å². The Bertz CT molecular complexity index is 478. The number of nitrogens with one attached hydrogen (secondary N) is 1. The van der Waals surface area contributed by atoms with Crippen LogP contribution in [0.1, 0.15) is 52.7 Å². The molecule has 4 heteroatoms. The van der Waals surface area contributed by atoms with E-state index in [0.717, 1.165) is 11.1 Å². The fraction of sp³-hybridized carbons (Fsp3) is 0.632. The topological polar surface area (TPSA) is 50.6 Å². The van der Waals surface area contributed by atoms with Crippen LogP contribution in [0.15, 0.2) is 18.2 Å². The van der Waals surface area contributed by atoms with Gasteiger partial charge in [0.15, 0.2) is 5.96 Å². The molecule has 0 saturated carbocycles. The van der Waals surface area contributed by atoms with Crippen LogP contribution in [0.4, 0.5) is 0 Å². The summed E-state index contributed by atoms with van der Waals surface area (Å²) in [6.45, 7) is 12.7. The first-order valence-electron chi connectivity index (χ1n) is 7.95. The second-order valence-corrected chi connectivity index (χ2v) is 8.31. The molecule has 0 amide bonds. The third-order valence-corrected chi connectivity index (χ3v) is 3.50. The van der Waals surface area contributed by atoms with Crippen molar-refractivity contribution in [2.75, 3.05) is 28.2 Å². The minimum atomic E-state index is -0.00859. The Hall–Kier alpha value is -1.71. The summed E-state index contributed by atoms with van der Waals surface area (Å²) in [7, 11) is 7.40. The highest BCUT2D eigenvalue weighted by Crippen LogP contribution is 2.38. The van der Waals surface area contributed by atoms with Crippen LogP contribution in [0, 0.1) is 5.41 Å². The number of benzene rings is 1. The molecule has 0 saturated heterocycles. The smallest absolute Gasteiger partial charge is 0.192 e. The van der Waals surface area contributed by atoms with Crippen LogP contribution in [0.3, 0.4) is 0 Å². The number of nitrogens with zero attached hydrogens (tertiary/aromatic N) is 2. The number of hydrogen-bond acceptors (Lipinski definition) is 2. The van der Waals surface area contributed by atoms with Gasteiger partial charge in [-0.05, 0) is 22.0 Å². The summed E-state index contributed by atoms with van der Waals surface area (Å²) >= 11 is 0. The lowest BCUT2D eigenvalue weighted by Crippen LogP contribution is -2.34. The molecule has 1 aromatic carbocycles. The molecule has 0 spiro atoms. The van der Waals surface area contributed by atoms with E-state index in [2.05, 4.69) is 41.5 Å². The molecule has 0 aromatic heterocycles. The van der Waals surface area contributed by atoms with E-state index in [-0.39, 0.29) is 10.8 Å². The van der Waals surface area contributed by atoms with Gasteiger partial charge in [0.1, 0.15) is 5.75 Å². The molecule has 132 valence electrons. The molecule has 1 aromatic rings. The fourth-order valence-corrected chi connectivity index (χ4v) is 2.15. The van der Waals surface area contributed by atoms with E-state index in [9.17, 15) is 5.11 Å². The van der Waals surface area contributed by atoms with Crippen LogP contribution in [0.2, 0.25) is 0 Å². The molecule has 0 atom stereocenters. The molecular weight excluding hydrogens is 286 g/mol. The van der Waals surface area contributed by atoms with E-state index in [1.807, 2.05) is 46.4 Å². The maximum Gasteiger partial charge on any atom is 0.192 e. The summed E-state index contributed by atoms with van der Waals surface area (Å²) in [5.74, 6) is 0.975. The lowest BCUT2D eigenvalue weighted by molar-refractivity contribution is 0.423. The Labute approximate surface area is 142 Å². The van der Waals surface area contributed by atoms with Crippen molar-refractivity contribution in [2.24, 2.45) is 0 Å². The molecule has 0 radical (unpaired) electrons. The van der Waals surface area contributed by atoms with Crippen molar-refractivity contribution in [1.29, 1.82) is 5.41 Å². The molecule has 0 aliphatic carbocycles. The number of para-hydroxylation sites is 1. The molecule has 0 unspecified atom stereocenters. The zero-order valence-electron chi connectivity index (χ0n) is 16.6. The van der Waals surface area contributed by atoms with Crippen LogP contribution in [-0.2, 0) is 10.8 Å². The second kappa shape index (κ2) is 7.71. The fourth-order valence-electron chi connectivity index (χ4n) is 2.15. The van der Waals surface area contributed by atoms with Gasteiger partial charge in [0.2, 0.25) is 0 Å². The minimum Gasteiger partial charge on any atom is -0.507 e. The maximum atomic E-state index is 10.3. The van der Waals surface area contributed by atoms with Crippen molar-refractivity contribution in [1.82, 2.24) is 9.80 Å². The van der Waals surface area contributed by atoms with Crippen molar-refractivity contribution < 1.29 is 5.11 Å². The predicted octanol–water partition coefficient (Wildman–Crippen LogP) is 4.03. The first kappa shape index (κ1) is 21.3. The molecule has 2 N–H and O–H groups in total. The second-order valence-electron chi connectivity index (χ2n) is 8.31. The van der Waals surface area contributed by atoms with E-state index in [1.165, 1.54) is 0 Å². The normalized spacial score (nSPS) is 11.4. The molecule has 0 fully saturated rings. The van der Waals surface area contributed by atoms with Gasteiger partial charge in [0, 0.05) is 28.2 Å². The summed E-state index contributed by atoms with van der Waals surface area (Å²) in [5, 5.41) is 17.5. The lowest BCUT2D eigenvalue weighted by atomic mass is 9.80. The van der Waals surface area contributed by atoms with Crippen LogP contribution >= 0.6 is 0 Å². The number of phenols is 1. The Kier molecular flexibility index (Phi) is 7.14. The van der Waals surface area contributed by atoms with Gasteiger partial charge >= 0.3 is 0 Å². The maximum absolute atomic E-state index is 10.3. The number of aromatic hydroxyl groups is 1. The minimum absolute atomic E-state index is 0.00859. The van der Waals surface area contributed by atoms with Crippen molar-refractivity contribution in [3.63, 3.8) is 0 Å². The summed E-state index contributed by atoms with van der Waals surface area (Å²) < 4.78 is 0. The molecule has 0 heterocycles. The van der Waals surface area contributed by atoms with Gasteiger partial charge in [-0.25, -0.2) is 0 Å². The summed E-state index contributed by atoms with van der Waals surface area (Å²) in [6, 6.07) is 6.04. The first-order valence-corrected chi connectivity index (χ1v) is 7.95. The van der Waals surface area contributed by atoms with Crippen molar-refractivity contribution in [2.45, 2.75) is 52.4 Å². The number of guanidine groups is 1. The standard InChI is InChI=1S/C14H22O.C5H13N3/c1-13(2,3)10-8-7-9-11(12(10)15)14(4,5)6;1-7(2)5(6)8(3)4/h7-9,15H,1-6H3;6H,1-4H3. The van der Waals surface area contributed by atoms with Crippen LogP contribution < -0.4 is 0 Å². The van der Waals surface area contributed by atoms with Gasteiger partial charge in [0.05, 0.1) is 0 Å². The number of rotatable bonds is 0. The third kappa shape index (κ3) is 6.51. The van der Waals surface area contributed by atoms with Crippen molar-refractivity contribution >= 4 is 5.96 Å². The molecular formula is C19H35N3O. The highest BCUT2D eigenvalue weighted by Gasteiger charge is 2.24. The van der Waals surface area contributed by atoms with Gasteiger partial charge in [-0.15, -0.1) is 0 Å². The van der Waals surface area contributed by atoms with Crippen molar-refractivity contribution in [3.8, 4) is 5.75 Å². The van der Waals surface area contributed by atoms with Gasteiger partial charge in [0.25, 0.3) is 0 Å². The summed E-state index contributed by atoms with van der Waals surface area (Å²) in [6.07, 6.45) is 0. The predicted molar refractivity (Wildman–Crippen MR) is 101 cm³/mol. The van der Waals surface area contributed by atoms with Crippen LogP contribution in [-0.4, -0.2) is 49.1 Å². The summed E-state index contributed by atoms with van der Waals surface area (Å²) in [5.41, 5.74) is 2.03. The zero-order chi connectivity index (χ0) is 18.6. The molecule has 4 nitrogen and oxygen atoms in total. The van der Waals surface area contributed by atoms with E-state index >= 15 is 0 Å².